The second-order valence-electron chi connectivity index (χ2n) is 11.3. The molecule has 220 valence electrons. The molecule has 3 aliphatic rings. The van der Waals surface area contributed by atoms with Crippen LogP contribution in [0.4, 0.5) is 10.1 Å². The van der Waals surface area contributed by atoms with Crippen molar-refractivity contribution in [2.24, 2.45) is 5.92 Å². The Hall–Kier alpha value is -2.78. The first-order valence-electron chi connectivity index (χ1n) is 13.8. The monoisotopic (exact) mass is 647 g/mol. The third-order valence-corrected chi connectivity index (χ3v) is 11.7. The fourth-order valence-corrected chi connectivity index (χ4v) is 8.52. The molecular formula is C29H28Cl2FN5O3S2. The lowest BCUT2D eigenvalue weighted by Gasteiger charge is -2.37. The molecular weight excluding hydrogens is 620 g/mol. The molecule has 6 rings (SSSR count). The molecule has 1 amide bonds. The molecule has 2 aromatic heterocycles. The summed E-state index contributed by atoms with van der Waals surface area (Å²) in [5.41, 5.74) is 2.13. The average Bonchev–Trinajstić information content (AvgIpc) is 3.59. The molecule has 0 bridgehead atoms. The van der Waals surface area contributed by atoms with Crippen molar-refractivity contribution < 1.29 is 17.6 Å². The Morgan fingerprint density at radius 1 is 1.12 bits per heavy atom. The number of pyridine rings is 1. The Morgan fingerprint density at radius 3 is 2.45 bits per heavy atom. The number of hydrogen-bond donors (Lipinski definition) is 1. The highest BCUT2D eigenvalue weighted by atomic mass is 35.5. The number of amides is 1. The Balaban J connectivity index is 1.38. The van der Waals surface area contributed by atoms with E-state index in [9.17, 15) is 22.9 Å². The molecule has 2 atom stereocenters. The van der Waals surface area contributed by atoms with Crippen molar-refractivity contribution in [1.29, 1.82) is 5.26 Å². The molecule has 1 aliphatic heterocycles. The van der Waals surface area contributed by atoms with E-state index >= 15 is 0 Å². The summed E-state index contributed by atoms with van der Waals surface area (Å²) in [6.07, 6.45) is 3.54. The topological polar surface area (TPSA) is 116 Å². The molecule has 3 aromatic rings. The summed E-state index contributed by atoms with van der Waals surface area (Å²) >= 11 is 14.8. The van der Waals surface area contributed by atoms with Gasteiger partial charge in [-0.1, -0.05) is 12.1 Å². The molecule has 1 saturated heterocycles. The summed E-state index contributed by atoms with van der Waals surface area (Å²) in [6.45, 7) is 0.870. The van der Waals surface area contributed by atoms with E-state index in [1.807, 2.05) is 29.2 Å². The first-order chi connectivity index (χ1) is 20.0. The zero-order chi connectivity index (χ0) is 29.7. The van der Waals surface area contributed by atoms with Gasteiger partial charge in [0.05, 0.1) is 40.0 Å². The Bertz CT molecular complexity index is 1640. The predicted octanol–water partition coefficient (Wildman–Crippen LogP) is 5.48. The van der Waals surface area contributed by atoms with Gasteiger partial charge in [0, 0.05) is 30.6 Å². The maximum Gasteiger partial charge on any atom is 0.225 e. The number of sulfone groups is 1. The van der Waals surface area contributed by atoms with Gasteiger partial charge in [-0.15, -0.1) is 34.5 Å². The first-order valence-corrected chi connectivity index (χ1v) is 17.2. The summed E-state index contributed by atoms with van der Waals surface area (Å²) in [7, 11) is -3.00. The highest BCUT2D eigenvalue weighted by molar-refractivity contribution is 7.91. The fourth-order valence-electron chi connectivity index (χ4n) is 5.65. The maximum absolute atomic E-state index is 13.7. The van der Waals surface area contributed by atoms with E-state index in [2.05, 4.69) is 16.4 Å². The molecule has 2 unspecified atom stereocenters. The van der Waals surface area contributed by atoms with E-state index in [4.69, 9.17) is 28.2 Å². The van der Waals surface area contributed by atoms with Crippen LogP contribution >= 0.6 is 34.5 Å². The van der Waals surface area contributed by atoms with Crippen molar-refractivity contribution in [3.05, 3.63) is 54.1 Å². The number of halogens is 3. The standard InChI is InChI=1S/C29H28Cl2FN5O3S2/c30-29(31)8-7-21(26(38)36-28(17-33)9-10-28)22(15-29)24-25(41-27(35-24)23-6-3-19(32)16-34-23)18-1-4-20(5-2-18)37-11-13-42(39,40)14-12-37/h1-6,16,21-22H,7-15H2,(H,36,38). The third-order valence-electron chi connectivity index (χ3n) is 8.28. The number of nitrogens with zero attached hydrogens (tertiary/aromatic N) is 4. The van der Waals surface area contributed by atoms with Gasteiger partial charge in [0.1, 0.15) is 20.7 Å². The number of alkyl halides is 2. The van der Waals surface area contributed by atoms with Gasteiger partial charge < -0.3 is 10.2 Å². The molecule has 0 spiro atoms. The van der Waals surface area contributed by atoms with E-state index in [-0.39, 0.29) is 17.4 Å². The molecule has 8 nitrogen and oxygen atoms in total. The largest absolute Gasteiger partial charge is 0.369 e. The molecule has 0 radical (unpaired) electrons. The number of carbonyl (C=O) groups excluding carboxylic acids is 1. The number of nitrogens with one attached hydrogen (secondary N) is 1. The highest BCUT2D eigenvalue weighted by Crippen LogP contribution is 2.51. The molecule has 13 heteroatoms. The Morgan fingerprint density at radius 2 is 1.83 bits per heavy atom. The zero-order valence-electron chi connectivity index (χ0n) is 22.5. The summed E-state index contributed by atoms with van der Waals surface area (Å²) < 4.78 is 36.4. The van der Waals surface area contributed by atoms with Crippen LogP contribution < -0.4 is 10.2 Å². The lowest BCUT2D eigenvalue weighted by Crippen LogP contribution is -2.44. The number of benzene rings is 1. The second kappa shape index (κ2) is 11.1. The first kappa shape index (κ1) is 29.3. The van der Waals surface area contributed by atoms with Crippen LogP contribution in [0.5, 0.6) is 0 Å². The van der Waals surface area contributed by atoms with E-state index in [1.165, 1.54) is 17.4 Å². The third kappa shape index (κ3) is 6.13. The summed E-state index contributed by atoms with van der Waals surface area (Å²) in [5, 5.41) is 13.1. The number of rotatable bonds is 6. The van der Waals surface area contributed by atoms with Crippen LogP contribution in [-0.4, -0.2) is 58.8 Å². The van der Waals surface area contributed by atoms with E-state index in [0.717, 1.165) is 22.3 Å². The number of carbonyl (C=O) groups is 1. The molecule has 3 heterocycles. The normalized spacial score (nSPS) is 24.0. The number of nitriles is 1. The molecule has 42 heavy (non-hydrogen) atoms. The smallest absolute Gasteiger partial charge is 0.225 e. The highest BCUT2D eigenvalue weighted by Gasteiger charge is 2.49. The number of aromatic nitrogens is 2. The second-order valence-corrected chi connectivity index (χ2v) is 16.2. The minimum Gasteiger partial charge on any atom is -0.369 e. The Labute approximate surface area is 257 Å². The van der Waals surface area contributed by atoms with E-state index in [1.54, 1.807) is 6.07 Å². The van der Waals surface area contributed by atoms with Crippen molar-refractivity contribution in [3.8, 4) is 27.2 Å². The molecule has 1 N–H and O–H groups in total. The van der Waals surface area contributed by atoms with Crippen LogP contribution in [0.15, 0.2) is 42.6 Å². The van der Waals surface area contributed by atoms with Gasteiger partial charge in [0.25, 0.3) is 0 Å². The maximum atomic E-state index is 13.7. The summed E-state index contributed by atoms with van der Waals surface area (Å²) in [4.78, 5) is 25.6. The van der Waals surface area contributed by atoms with E-state index in [0.29, 0.717) is 61.6 Å². The van der Waals surface area contributed by atoms with Crippen LogP contribution in [0.25, 0.3) is 21.1 Å². The lowest BCUT2D eigenvalue weighted by atomic mass is 9.75. The molecule has 1 aromatic carbocycles. The van der Waals surface area contributed by atoms with Gasteiger partial charge in [-0.2, -0.15) is 5.26 Å². The van der Waals surface area contributed by atoms with Gasteiger partial charge in [-0.05, 0) is 61.9 Å². The van der Waals surface area contributed by atoms with Crippen LogP contribution in [-0.2, 0) is 14.6 Å². The zero-order valence-corrected chi connectivity index (χ0v) is 25.7. The van der Waals surface area contributed by atoms with Crippen LogP contribution in [0.1, 0.15) is 43.7 Å². The van der Waals surface area contributed by atoms with Crippen molar-refractivity contribution in [2.75, 3.05) is 29.5 Å². The molecule has 2 aliphatic carbocycles. The van der Waals surface area contributed by atoms with Gasteiger partial charge in [0.15, 0.2) is 9.84 Å². The Kier molecular flexibility index (Phi) is 7.71. The van der Waals surface area contributed by atoms with Crippen LogP contribution in [0.3, 0.4) is 0 Å². The summed E-state index contributed by atoms with van der Waals surface area (Å²) in [5.74, 6) is -1.35. The van der Waals surface area contributed by atoms with E-state index < -0.39 is 37.4 Å². The average molecular weight is 649 g/mol. The number of hydrogen-bond acceptors (Lipinski definition) is 8. The quantitative estimate of drug-likeness (QED) is 0.352. The van der Waals surface area contributed by atoms with Crippen LogP contribution in [0, 0.1) is 23.1 Å². The molecule has 3 fully saturated rings. The van der Waals surface area contributed by atoms with Crippen molar-refractivity contribution in [3.63, 3.8) is 0 Å². The fraction of sp³-hybridized carbons (Fsp3) is 0.448. The lowest BCUT2D eigenvalue weighted by molar-refractivity contribution is -0.127. The van der Waals surface area contributed by atoms with Crippen LogP contribution in [0.2, 0.25) is 0 Å². The summed E-state index contributed by atoms with van der Waals surface area (Å²) in [6, 6.07) is 12.9. The van der Waals surface area contributed by atoms with Gasteiger partial charge in [-0.3, -0.25) is 9.78 Å². The predicted molar refractivity (Wildman–Crippen MR) is 162 cm³/mol. The minimum atomic E-state index is -3.00. The minimum absolute atomic E-state index is 0.124. The van der Waals surface area contributed by atoms with Crippen molar-refractivity contribution >= 4 is 56.0 Å². The number of thiazole rings is 1. The van der Waals surface area contributed by atoms with Gasteiger partial charge in [-0.25, -0.2) is 17.8 Å². The van der Waals surface area contributed by atoms with Crippen molar-refractivity contribution in [2.45, 2.75) is 47.9 Å². The number of anilines is 1. The molecule has 2 saturated carbocycles. The SMILES string of the molecule is N#CC1(NC(=O)C2CCC(Cl)(Cl)CC2c2nc(-c3ccc(F)cn3)sc2-c2ccc(N3CCS(=O)(=O)CC3)cc2)CC1. The van der Waals surface area contributed by atoms with Gasteiger partial charge in [0.2, 0.25) is 5.91 Å². The van der Waals surface area contributed by atoms with Crippen molar-refractivity contribution in [1.82, 2.24) is 15.3 Å². The van der Waals surface area contributed by atoms with Gasteiger partial charge >= 0.3 is 0 Å².